The molecule has 32 heavy (non-hydrogen) atoms. The summed E-state index contributed by atoms with van der Waals surface area (Å²) in [7, 11) is 0. The number of ether oxygens (including phenoxy) is 1. The first-order valence-corrected chi connectivity index (χ1v) is 12.2. The number of hydrogen-bond donors (Lipinski definition) is 1. The molecule has 0 spiro atoms. The van der Waals surface area contributed by atoms with E-state index in [9.17, 15) is 14.4 Å². The van der Waals surface area contributed by atoms with Crippen molar-refractivity contribution >= 4 is 23.4 Å². The molecule has 0 radical (unpaired) electrons. The highest BCUT2D eigenvalue weighted by molar-refractivity contribution is 6.06. The van der Waals surface area contributed by atoms with Gasteiger partial charge in [0.1, 0.15) is 5.75 Å². The summed E-state index contributed by atoms with van der Waals surface area (Å²) in [6, 6.07) is 7.36. The van der Waals surface area contributed by atoms with Crippen LogP contribution in [0.5, 0.6) is 5.75 Å². The number of nitrogens with one attached hydrogen (secondary N) is 1. The molecule has 6 heteroatoms. The van der Waals surface area contributed by atoms with E-state index in [0.29, 0.717) is 44.1 Å². The Labute approximate surface area is 188 Å². The molecule has 3 saturated carbocycles. The summed E-state index contributed by atoms with van der Waals surface area (Å²) in [5.74, 6) is 2.40. The van der Waals surface area contributed by atoms with Crippen molar-refractivity contribution in [1.82, 2.24) is 4.90 Å². The van der Waals surface area contributed by atoms with Crippen molar-refractivity contribution < 1.29 is 19.1 Å². The van der Waals surface area contributed by atoms with Crippen molar-refractivity contribution in [3.63, 3.8) is 0 Å². The van der Waals surface area contributed by atoms with E-state index in [0.717, 1.165) is 11.4 Å². The molecular weight excluding hydrogens is 404 g/mol. The average molecular weight is 435 g/mol. The number of anilines is 1. The average Bonchev–Trinajstić information content (AvgIpc) is 3.59. The van der Waals surface area contributed by atoms with Gasteiger partial charge in [0.15, 0.2) is 0 Å². The van der Waals surface area contributed by atoms with Crippen LogP contribution < -0.4 is 10.1 Å². The van der Waals surface area contributed by atoms with E-state index in [4.69, 9.17) is 4.74 Å². The molecule has 168 valence electrons. The van der Waals surface area contributed by atoms with E-state index in [1.54, 1.807) is 4.90 Å². The van der Waals surface area contributed by atoms with E-state index < -0.39 is 0 Å². The minimum absolute atomic E-state index is 0.0164. The number of carbonyl (C=O) groups is 3. The van der Waals surface area contributed by atoms with Gasteiger partial charge >= 0.3 is 0 Å². The van der Waals surface area contributed by atoms with E-state index in [1.165, 1.54) is 6.42 Å². The zero-order valence-corrected chi connectivity index (χ0v) is 18.4. The Kier molecular flexibility index (Phi) is 4.67. The fourth-order valence-corrected chi connectivity index (χ4v) is 6.98. The normalized spacial score (nSPS) is 39.0. The molecule has 6 nitrogen and oxygen atoms in total. The van der Waals surface area contributed by atoms with Gasteiger partial charge in [-0.1, -0.05) is 12.2 Å². The molecule has 1 heterocycles. The van der Waals surface area contributed by atoms with Gasteiger partial charge in [-0.15, -0.1) is 0 Å². The SMILES string of the molecule is CCOc1ccc(NC(=O)C2CCC(N3C(=O)[C@@H]4[C@@H]5C=C[C@H]([C@H]6C[C@H]56)[C@@H]4C3=O)CC2)cc1. The van der Waals surface area contributed by atoms with Crippen LogP contribution in [0.3, 0.4) is 0 Å². The van der Waals surface area contributed by atoms with Gasteiger partial charge in [-0.25, -0.2) is 0 Å². The Morgan fingerprint density at radius 2 is 1.56 bits per heavy atom. The molecule has 1 N–H and O–H groups in total. The van der Waals surface area contributed by atoms with Crippen LogP contribution in [-0.4, -0.2) is 35.3 Å². The van der Waals surface area contributed by atoms with Crippen molar-refractivity contribution in [2.45, 2.75) is 45.1 Å². The minimum Gasteiger partial charge on any atom is -0.494 e. The second-order valence-electron chi connectivity index (χ2n) is 10.2. The Balaban J connectivity index is 1.07. The minimum atomic E-state index is -0.123. The van der Waals surface area contributed by atoms with Crippen molar-refractivity contribution in [1.29, 1.82) is 0 Å². The molecular formula is C26H30N2O4. The van der Waals surface area contributed by atoms with Crippen molar-refractivity contribution in [3.05, 3.63) is 36.4 Å². The second kappa shape index (κ2) is 7.46. The summed E-state index contributed by atoms with van der Waals surface area (Å²) in [5.41, 5.74) is 0.760. The Hall–Kier alpha value is -2.63. The number of nitrogens with zero attached hydrogens (tertiary/aromatic N) is 1. The third-order valence-electron chi connectivity index (χ3n) is 8.56. The number of amides is 3. The molecule has 1 aliphatic heterocycles. The number of benzene rings is 1. The maximum Gasteiger partial charge on any atom is 0.233 e. The van der Waals surface area contributed by atoms with E-state index in [1.807, 2.05) is 31.2 Å². The van der Waals surface area contributed by atoms with Crippen molar-refractivity contribution in [2.24, 2.45) is 41.4 Å². The zero-order valence-electron chi connectivity index (χ0n) is 18.4. The van der Waals surface area contributed by atoms with Crippen LogP contribution in [0.15, 0.2) is 36.4 Å². The van der Waals surface area contributed by atoms with Crippen LogP contribution in [-0.2, 0) is 14.4 Å². The zero-order chi connectivity index (χ0) is 22.0. The monoisotopic (exact) mass is 434 g/mol. The first-order chi connectivity index (χ1) is 15.6. The van der Waals surface area contributed by atoms with Gasteiger partial charge in [0, 0.05) is 17.6 Å². The second-order valence-corrected chi connectivity index (χ2v) is 10.2. The lowest BCUT2D eigenvalue weighted by Crippen LogP contribution is -2.44. The molecule has 3 amide bonds. The van der Waals surface area contributed by atoms with Gasteiger partial charge in [-0.3, -0.25) is 19.3 Å². The molecule has 1 aromatic rings. The Bertz CT molecular complexity index is 942. The fraction of sp³-hybridized carbons (Fsp3) is 0.577. The van der Waals surface area contributed by atoms with Crippen molar-refractivity contribution in [2.75, 3.05) is 11.9 Å². The summed E-state index contributed by atoms with van der Waals surface area (Å²) in [5, 5.41) is 3.00. The number of allylic oxidation sites excluding steroid dienone is 2. The molecule has 6 atom stereocenters. The molecule has 2 bridgehead atoms. The van der Waals surface area contributed by atoms with E-state index >= 15 is 0 Å². The predicted octanol–water partition coefficient (Wildman–Crippen LogP) is 3.64. The highest BCUT2D eigenvalue weighted by atomic mass is 16.5. The lowest BCUT2D eigenvalue weighted by Gasteiger charge is -2.37. The van der Waals surface area contributed by atoms with Gasteiger partial charge < -0.3 is 10.1 Å². The summed E-state index contributed by atoms with van der Waals surface area (Å²) in [6.07, 6.45) is 8.46. The smallest absolute Gasteiger partial charge is 0.233 e. The molecule has 5 aliphatic carbocycles. The van der Waals surface area contributed by atoms with Gasteiger partial charge in [0.25, 0.3) is 0 Å². The molecule has 0 aromatic heterocycles. The third-order valence-corrected chi connectivity index (χ3v) is 8.56. The Morgan fingerprint density at radius 3 is 2.12 bits per heavy atom. The van der Waals surface area contributed by atoms with Crippen LogP contribution >= 0.6 is 0 Å². The van der Waals surface area contributed by atoms with E-state index in [2.05, 4.69) is 17.5 Å². The standard InChI is InChI=1S/C26H30N2O4/c1-2-32-17-9-5-15(6-10-17)27-24(29)14-3-7-16(8-4-14)28-25(30)22-18-11-12-19(21-13-20(18)21)23(22)26(28)31/h5-6,9-12,14,16,18-23H,2-4,7-8,13H2,1H3,(H,27,29)/t14?,16?,18-,19-,20-,21-,22-,23+/m1/s1. The van der Waals surface area contributed by atoms with Gasteiger partial charge in [0.05, 0.1) is 18.4 Å². The maximum atomic E-state index is 13.3. The fourth-order valence-electron chi connectivity index (χ4n) is 6.98. The first kappa shape index (κ1) is 20.0. The number of rotatable bonds is 5. The van der Waals surface area contributed by atoms with Crippen LogP contribution in [0.2, 0.25) is 0 Å². The molecule has 7 rings (SSSR count). The number of likely N-dealkylation sites (tertiary alicyclic amines) is 1. The summed E-state index contributed by atoms with van der Waals surface area (Å²) in [4.78, 5) is 41.0. The first-order valence-electron chi connectivity index (χ1n) is 12.2. The molecule has 4 fully saturated rings. The van der Waals surface area contributed by atoms with Crippen molar-refractivity contribution in [3.8, 4) is 5.75 Å². The highest BCUT2D eigenvalue weighted by Gasteiger charge is 2.67. The maximum absolute atomic E-state index is 13.3. The molecule has 0 unspecified atom stereocenters. The van der Waals surface area contributed by atoms with E-state index in [-0.39, 0.29) is 53.4 Å². The summed E-state index contributed by atoms with van der Waals surface area (Å²) >= 11 is 0. The number of carbonyl (C=O) groups excluding carboxylic acids is 3. The summed E-state index contributed by atoms with van der Waals surface area (Å²) in [6.45, 7) is 2.55. The Morgan fingerprint density at radius 1 is 0.969 bits per heavy atom. The molecule has 1 aromatic carbocycles. The highest BCUT2D eigenvalue weighted by Crippen LogP contribution is 2.65. The number of hydrogen-bond acceptors (Lipinski definition) is 4. The van der Waals surface area contributed by atoms with Crippen LogP contribution in [0, 0.1) is 41.4 Å². The van der Waals surface area contributed by atoms with Gasteiger partial charge in [-0.05, 0) is 87.0 Å². The number of imide groups is 1. The lowest BCUT2D eigenvalue weighted by atomic mass is 9.63. The van der Waals surface area contributed by atoms with Crippen LogP contribution in [0.1, 0.15) is 39.0 Å². The predicted molar refractivity (Wildman–Crippen MR) is 119 cm³/mol. The topological polar surface area (TPSA) is 75.7 Å². The van der Waals surface area contributed by atoms with Crippen LogP contribution in [0.4, 0.5) is 5.69 Å². The van der Waals surface area contributed by atoms with Gasteiger partial charge in [0.2, 0.25) is 17.7 Å². The molecule has 6 aliphatic rings. The summed E-state index contributed by atoms with van der Waals surface area (Å²) < 4.78 is 5.44. The third kappa shape index (κ3) is 3.02. The largest absolute Gasteiger partial charge is 0.494 e. The quantitative estimate of drug-likeness (QED) is 0.567. The van der Waals surface area contributed by atoms with Gasteiger partial charge in [-0.2, -0.15) is 0 Å². The lowest BCUT2D eigenvalue weighted by molar-refractivity contribution is -0.144. The van der Waals surface area contributed by atoms with Crippen LogP contribution in [0.25, 0.3) is 0 Å². The molecule has 1 saturated heterocycles.